The first-order valence-corrected chi connectivity index (χ1v) is 7.90. The highest BCUT2D eigenvalue weighted by atomic mass is 16.5. The van der Waals surface area contributed by atoms with Gasteiger partial charge in [-0.1, -0.05) is 0 Å². The fourth-order valence-electron chi connectivity index (χ4n) is 4.06. The van der Waals surface area contributed by atoms with Gasteiger partial charge < -0.3 is 19.3 Å². The van der Waals surface area contributed by atoms with Gasteiger partial charge in [0.1, 0.15) is 0 Å². The number of carbonyl (C=O) groups excluding carboxylic acids is 1. The summed E-state index contributed by atoms with van der Waals surface area (Å²) in [6.07, 6.45) is 5.69. The Balaban J connectivity index is 1.70. The van der Waals surface area contributed by atoms with Gasteiger partial charge in [0.2, 0.25) is 0 Å². The van der Waals surface area contributed by atoms with Crippen molar-refractivity contribution < 1.29 is 14.3 Å². The zero-order chi connectivity index (χ0) is 14.0. The Bertz CT molecular complexity index is 353. The fraction of sp³-hybridized carbons (Fsp3) is 0.933. The molecular formula is C15H26N2O3. The van der Waals surface area contributed by atoms with E-state index in [2.05, 4.69) is 0 Å². The summed E-state index contributed by atoms with van der Waals surface area (Å²) in [7, 11) is 1.75. The van der Waals surface area contributed by atoms with E-state index < -0.39 is 0 Å². The van der Waals surface area contributed by atoms with Crippen molar-refractivity contribution in [1.82, 2.24) is 9.80 Å². The van der Waals surface area contributed by atoms with Crippen LogP contribution in [-0.4, -0.2) is 68.4 Å². The third kappa shape index (κ3) is 2.53. The van der Waals surface area contributed by atoms with E-state index in [0.717, 1.165) is 64.9 Å². The third-order valence-electron chi connectivity index (χ3n) is 5.07. The number of hydrogen-bond acceptors (Lipinski definition) is 3. The molecule has 0 aromatic heterocycles. The molecule has 0 N–H and O–H groups in total. The number of urea groups is 1. The van der Waals surface area contributed by atoms with Crippen LogP contribution in [0.5, 0.6) is 0 Å². The second kappa shape index (κ2) is 5.90. The van der Waals surface area contributed by atoms with Crippen molar-refractivity contribution >= 4 is 6.03 Å². The molecule has 0 aromatic carbocycles. The number of piperidine rings is 1. The predicted octanol–water partition coefficient (Wildman–Crippen LogP) is 1.72. The van der Waals surface area contributed by atoms with Gasteiger partial charge in [0.05, 0.1) is 12.7 Å². The van der Waals surface area contributed by atoms with E-state index in [1.807, 2.05) is 9.80 Å². The second-order valence-electron chi connectivity index (χ2n) is 6.45. The molecule has 0 saturated carbocycles. The van der Waals surface area contributed by atoms with Gasteiger partial charge in [-0.15, -0.1) is 0 Å². The number of nitrogens with zero attached hydrogens (tertiary/aromatic N) is 2. The molecule has 5 nitrogen and oxygen atoms in total. The van der Waals surface area contributed by atoms with Gasteiger partial charge >= 0.3 is 6.03 Å². The van der Waals surface area contributed by atoms with Crippen molar-refractivity contribution in [2.75, 3.05) is 46.5 Å². The number of carbonyl (C=O) groups is 1. The molecule has 3 aliphatic rings. The van der Waals surface area contributed by atoms with Crippen molar-refractivity contribution in [3.63, 3.8) is 0 Å². The molecule has 0 aliphatic carbocycles. The van der Waals surface area contributed by atoms with Gasteiger partial charge in [-0.3, -0.25) is 0 Å². The zero-order valence-corrected chi connectivity index (χ0v) is 12.5. The Hall–Kier alpha value is -0.810. The summed E-state index contributed by atoms with van der Waals surface area (Å²) < 4.78 is 11.4. The van der Waals surface area contributed by atoms with E-state index in [1.54, 1.807) is 7.11 Å². The smallest absolute Gasteiger partial charge is 0.320 e. The highest BCUT2D eigenvalue weighted by molar-refractivity contribution is 5.75. The largest absolute Gasteiger partial charge is 0.384 e. The lowest BCUT2D eigenvalue weighted by molar-refractivity contribution is -0.142. The van der Waals surface area contributed by atoms with Crippen molar-refractivity contribution in [2.45, 2.75) is 38.2 Å². The quantitative estimate of drug-likeness (QED) is 0.774. The van der Waals surface area contributed by atoms with Crippen molar-refractivity contribution in [2.24, 2.45) is 5.41 Å². The van der Waals surface area contributed by atoms with Crippen LogP contribution in [0.15, 0.2) is 0 Å². The Morgan fingerprint density at radius 1 is 1.25 bits per heavy atom. The zero-order valence-electron chi connectivity index (χ0n) is 12.5. The molecule has 114 valence electrons. The molecular weight excluding hydrogens is 256 g/mol. The third-order valence-corrected chi connectivity index (χ3v) is 5.07. The van der Waals surface area contributed by atoms with E-state index >= 15 is 0 Å². The van der Waals surface area contributed by atoms with Crippen molar-refractivity contribution in [1.29, 1.82) is 0 Å². The highest BCUT2D eigenvalue weighted by Crippen LogP contribution is 2.40. The summed E-state index contributed by atoms with van der Waals surface area (Å²) in [5.74, 6) is 0. The summed E-state index contributed by atoms with van der Waals surface area (Å²) in [4.78, 5) is 16.6. The molecule has 3 rings (SSSR count). The maximum atomic E-state index is 12.6. The highest BCUT2D eigenvalue weighted by Gasteiger charge is 2.47. The lowest BCUT2D eigenvalue weighted by Gasteiger charge is -2.50. The first-order chi connectivity index (χ1) is 9.75. The molecule has 3 fully saturated rings. The van der Waals surface area contributed by atoms with Gasteiger partial charge in [-0.05, 0) is 32.1 Å². The van der Waals surface area contributed by atoms with Crippen LogP contribution < -0.4 is 0 Å². The van der Waals surface area contributed by atoms with Crippen LogP contribution in [0.2, 0.25) is 0 Å². The number of amides is 2. The lowest BCUT2D eigenvalue weighted by Crippen LogP contribution is -2.59. The minimum absolute atomic E-state index is 0.0145. The average molecular weight is 282 g/mol. The molecule has 0 aromatic rings. The number of ether oxygens (including phenoxy) is 2. The van der Waals surface area contributed by atoms with Crippen LogP contribution in [0.1, 0.15) is 32.1 Å². The molecule has 3 heterocycles. The molecule has 20 heavy (non-hydrogen) atoms. The van der Waals surface area contributed by atoms with Gasteiger partial charge in [-0.25, -0.2) is 4.79 Å². The molecule has 2 atom stereocenters. The van der Waals surface area contributed by atoms with Crippen molar-refractivity contribution in [3.8, 4) is 0 Å². The van der Waals surface area contributed by atoms with Crippen LogP contribution in [0, 0.1) is 5.41 Å². The first kappa shape index (κ1) is 14.1. The normalized spacial score (nSPS) is 34.1. The summed E-state index contributed by atoms with van der Waals surface area (Å²) in [6.45, 7) is 5.02. The lowest BCUT2D eigenvalue weighted by atomic mass is 9.73. The summed E-state index contributed by atoms with van der Waals surface area (Å²) in [5, 5.41) is 0. The van der Waals surface area contributed by atoms with E-state index in [9.17, 15) is 4.79 Å². The molecule has 5 heteroatoms. The molecule has 0 bridgehead atoms. The number of likely N-dealkylation sites (tertiary alicyclic amines) is 2. The molecule has 0 spiro atoms. The monoisotopic (exact) mass is 282 g/mol. The Labute approximate surface area is 121 Å². The average Bonchev–Trinajstić information content (AvgIpc) is 3.00. The molecule has 0 radical (unpaired) electrons. The van der Waals surface area contributed by atoms with E-state index in [4.69, 9.17) is 9.47 Å². The van der Waals surface area contributed by atoms with Gasteiger partial charge in [0.25, 0.3) is 0 Å². The summed E-state index contributed by atoms with van der Waals surface area (Å²) in [6, 6.07) is 0.224. The Morgan fingerprint density at radius 2 is 2.05 bits per heavy atom. The second-order valence-corrected chi connectivity index (χ2v) is 6.45. The first-order valence-electron chi connectivity index (χ1n) is 7.90. The number of methoxy groups -OCH3 is 1. The summed E-state index contributed by atoms with van der Waals surface area (Å²) >= 11 is 0. The number of fused-ring (bicyclic) bond motifs is 1. The minimum atomic E-state index is 0.0145. The Morgan fingerprint density at radius 3 is 2.80 bits per heavy atom. The van der Waals surface area contributed by atoms with E-state index in [-0.39, 0.29) is 17.6 Å². The van der Waals surface area contributed by atoms with Gasteiger partial charge in [-0.2, -0.15) is 0 Å². The predicted molar refractivity (Wildman–Crippen MR) is 75.7 cm³/mol. The van der Waals surface area contributed by atoms with Crippen LogP contribution in [0.4, 0.5) is 4.79 Å². The van der Waals surface area contributed by atoms with Crippen LogP contribution in [0.3, 0.4) is 0 Å². The number of rotatable bonds is 2. The molecule has 3 saturated heterocycles. The van der Waals surface area contributed by atoms with Gasteiger partial charge in [0.15, 0.2) is 0 Å². The Kier molecular flexibility index (Phi) is 4.17. The van der Waals surface area contributed by atoms with Crippen LogP contribution in [0.25, 0.3) is 0 Å². The van der Waals surface area contributed by atoms with Gasteiger partial charge in [0, 0.05) is 45.3 Å². The van der Waals surface area contributed by atoms with Crippen LogP contribution >= 0.6 is 0 Å². The molecule has 2 amide bonds. The minimum Gasteiger partial charge on any atom is -0.384 e. The number of hydrogen-bond donors (Lipinski definition) is 0. The molecule has 0 unspecified atom stereocenters. The topological polar surface area (TPSA) is 42.0 Å². The molecule has 3 aliphatic heterocycles. The van der Waals surface area contributed by atoms with Crippen molar-refractivity contribution in [3.05, 3.63) is 0 Å². The fourth-order valence-corrected chi connectivity index (χ4v) is 4.06. The maximum absolute atomic E-state index is 12.6. The van der Waals surface area contributed by atoms with E-state index in [0.29, 0.717) is 6.61 Å². The standard InChI is InChI=1S/C15H26N2O3/c1-19-12-15-6-4-10-20-13(15)5-9-17(11-15)14(18)16-7-2-3-8-16/h13H,2-12H2,1H3/t13-,15+/m0/s1. The maximum Gasteiger partial charge on any atom is 0.320 e. The summed E-state index contributed by atoms with van der Waals surface area (Å²) in [5.41, 5.74) is 0.0145. The van der Waals surface area contributed by atoms with E-state index in [1.165, 1.54) is 0 Å². The SMILES string of the molecule is COC[C@]12CCCO[C@H]1CCN(C(=O)N1CCCC1)C2. The van der Waals surface area contributed by atoms with Crippen LogP contribution in [-0.2, 0) is 9.47 Å².